The molecule has 220 valence electrons. The number of H-pyrrole nitrogens is 4. The van der Waals surface area contributed by atoms with E-state index in [-0.39, 0.29) is 12.8 Å². The molecule has 0 amide bonds. The van der Waals surface area contributed by atoms with Gasteiger partial charge >= 0.3 is 11.9 Å². The summed E-state index contributed by atoms with van der Waals surface area (Å²) in [6, 6.07) is 0. The zero-order chi connectivity index (χ0) is 30.3. The van der Waals surface area contributed by atoms with Crippen molar-refractivity contribution >= 4 is 36.2 Å². The van der Waals surface area contributed by atoms with E-state index in [9.17, 15) is 19.8 Å². The molecule has 6 N–H and O–H groups in total. The van der Waals surface area contributed by atoms with Crippen LogP contribution in [-0.4, -0.2) is 42.1 Å². The SMILES string of the molecule is CCc1c2[nH]c(c1C)C=c1[nH]c(c(C)c1CCC(=O)O)=Cc1[nH]c(c(C)c1CCC(=O)O)C=c1[nH]c(c(C)c1CC)=C2. The van der Waals surface area contributed by atoms with Crippen LogP contribution in [0.15, 0.2) is 0 Å². The summed E-state index contributed by atoms with van der Waals surface area (Å²) in [5.41, 5.74) is 12.6. The Balaban J connectivity index is 1.90. The van der Waals surface area contributed by atoms with E-state index in [4.69, 9.17) is 0 Å². The van der Waals surface area contributed by atoms with Crippen LogP contribution in [0.4, 0.5) is 0 Å². The number of carboxylic acid groups (broad SMARTS) is 2. The fraction of sp³-hybridized carbons (Fsp3) is 0.353. The molecule has 8 heteroatoms. The first-order chi connectivity index (χ1) is 20.0. The normalized spacial score (nSPS) is 12.3. The molecule has 8 nitrogen and oxygen atoms in total. The van der Waals surface area contributed by atoms with Crippen molar-refractivity contribution in [3.8, 4) is 0 Å². The molecule has 5 rings (SSSR count). The molecule has 0 aliphatic carbocycles. The number of fused-ring (bicyclic) bond motifs is 8. The van der Waals surface area contributed by atoms with Crippen molar-refractivity contribution < 1.29 is 19.8 Å². The summed E-state index contributed by atoms with van der Waals surface area (Å²) in [4.78, 5) is 37.6. The highest BCUT2D eigenvalue weighted by Gasteiger charge is 2.17. The Morgan fingerprint density at radius 1 is 0.524 bits per heavy atom. The topological polar surface area (TPSA) is 138 Å². The summed E-state index contributed by atoms with van der Waals surface area (Å²) in [7, 11) is 0. The molecule has 0 fully saturated rings. The van der Waals surface area contributed by atoms with Crippen LogP contribution in [0.3, 0.4) is 0 Å². The molecule has 0 saturated heterocycles. The molecule has 8 bridgehead atoms. The quantitative estimate of drug-likeness (QED) is 0.171. The third kappa shape index (κ3) is 5.29. The highest BCUT2D eigenvalue weighted by atomic mass is 16.4. The van der Waals surface area contributed by atoms with Gasteiger partial charge in [-0.3, -0.25) is 9.59 Å². The van der Waals surface area contributed by atoms with Crippen LogP contribution in [0.2, 0.25) is 0 Å². The number of hydrogen-bond donors (Lipinski definition) is 6. The van der Waals surface area contributed by atoms with Gasteiger partial charge in [-0.15, -0.1) is 0 Å². The lowest BCUT2D eigenvalue weighted by Crippen LogP contribution is -2.14. The first-order valence-corrected chi connectivity index (χ1v) is 14.7. The summed E-state index contributed by atoms with van der Waals surface area (Å²) in [5, 5.41) is 22.8. The van der Waals surface area contributed by atoms with Crippen LogP contribution in [0.25, 0.3) is 24.3 Å². The van der Waals surface area contributed by atoms with Crippen molar-refractivity contribution in [3.05, 3.63) is 88.7 Å². The van der Waals surface area contributed by atoms with Gasteiger partial charge in [-0.1, -0.05) is 13.8 Å². The molecular formula is C34H40N4O4. The largest absolute Gasteiger partial charge is 0.481 e. The number of carbonyl (C=O) groups is 2. The van der Waals surface area contributed by atoms with Crippen molar-refractivity contribution in [1.29, 1.82) is 0 Å². The second-order valence-electron chi connectivity index (χ2n) is 11.3. The summed E-state index contributed by atoms with van der Waals surface area (Å²) in [6.45, 7) is 12.7. The molecule has 0 atom stereocenters. The lowest BCUT2D eigenvalue weighted by Gasteiger charge is -2.01. The van der Waals surface area contributed by atoms with Crippen molar-refractivity contribution in [2.45, 2.75) is 80.1 Å². The highest BCUT2D eigenvalue weighted by Crippen LogP contribution is 2.23. The number of carboxylic acids is 2. The Kier molecular flexibility index (Phi) is 7.91. The Morgan fingerprint density at radius 2 is 0.929 bits per heavy atom. The van der Waals surface area contributed by atoms with Crippen LogP contribution in [-0.2, 0) is 35.3 Å². The zero-order valence-corrected chi connectivity index (χ0v) is 25.3. The van der Waals surface area contributed by atoms with Crippen molar-refractivity contribution in [3.63, 3.8) is 0 Å². The predicted molar refractivity (Wildman–Crippen MR) is 166 cm³/mol. The van der Waals surface area contributed by atoms with E-state index in [0.29, 0.717) is 12.8 Å². The maximum absolute atomic E-state index is 11.5. The minimum absolute atomic E-state index is 0.0282. The number of aliphatic carboxylic acids is 2. The molecule has 5 heterocycles. The number of hydrogen-bond acceptors (Lipinski definition) is 2. The number of aromatic nitrogens is 4. The van der Waals surface area contributed by atoms with Gasteiger partial charge in [0.1, 0.15) is 0 Å². The lowest BCUT2D eigenvalue weighted by atomic mass is 10.0. The molecule has 1 aliphatic rings. The first kappa shape index (κ1) is 29.0. The van der Waals surface area contributed by atoms with E-state index in [2.05, 4.69) is 65.9 Å². The predicted octanol–water partition coefficient (Wildman–Crippen LogP) is 3.02. The number of rotatable bonds is 8. The van der Waals surface area contributed by atoms with Gasteiger partial charge in [0, 0.05) is 57.0 Å². The monoisotopic (exact) mass is 568 g/mol. The highest BCUT2D eigenvalue weighted by molar-refractivity contribution is 5.70. The molecule has 1 aliphatic heterocycles. The lowest BCUT2D eigenvalue weighted by molar-refractivity contribution is -0.138. The third-order valence-corrected chi connectivity index (χ3v) is 8.84. The zero-order valence-electron chi connectivity index (χ0n) is 25.3. The Bertz CT molecular complexity index is 1960. The standard InChI is InChI=1S/C34H40N4O4/c1-7-21-17(3)25-13-29-22(8-2)18(4)26(36-29)15-31-24(10-12-34(41)42)20(6)28(38-31)16-32-23(9-11-33(39)40)19(5)27(37-32)14-30(21)35-25/h13-16,35-38H,7-12H2,1-6H3,(H,39,40)(H,41,42). The van der Waals surface area contributed by atoms with E-state index in [1.54, 1.807) is 0 Å². The van der Waals surface area contributed by atoms with Crippen LogP contribution in [0.1, 0.15) is 94.0 Å². The first-order valence-electron chi connectivity index (χ1n) is 14.7. The molecule has 4 aromatic heterocycles. The van der Waals surface area contributed by atoms with Crippen molar-refractivity contribution in [2.24, 2.45) is 0 Å². The fourth-order valence-electron chi connectivity index (χ4n) is 6.38. The average Bonchev–Trinajstić information content (AvgIpc) is 3.59. The summed E-state index contributed by atoms with van der Waals surface area (Å²) < 4.78 is 0. The second-order valence-corrected chi connectivity index (χ2v) is 11.3. The summed E-state index contributed by atoms with van der Waals surface area (Å²) in [6.07, 6.45) is 11.1. The Labute approximate surface area is 244 Å². The van der Waals surface area contributed by atoms with E-state index in [0.717, 1.165) is 79.3 Å². The van der Waals surface area contributed by atoms with Gasteiger partial charge in [-0.05, 0) is 122 Å². The van der Waals surface area contributed by atoms with Gasteiger partial charge in [-0.2, -0.15) is 0 Å². The summed E-state index contributed by atoms with van der Waals surface area (Å²) >= 11 is 0. The maximum atomic E-state index is 11.5. The maximum Gasteiger partial charge on any atom is 0.303 e. The Morgan fingerprint density at radius 3 is 1.43 bits per heavy atom. The second kappa shape index (κ2) is 11.4. The third-order valence-electron chi connectivity index (χ3n) is 8.84. The van der Waals surface area contributed by atoms with Crippen LogP contribution in [0.5, 0.6) is 0 Å². The Hall–Kier alpha value is -4.46. The molecular weight excluding hydrogens is 528 g/mol. The smallest absolute Gasteiger partial charge is 0.303 e. The minimum atomic E-state index is -0.838. The number of nitrogens with one attached hydrogen (secondary N) is 4. The van der Waals surface area contributed by atoms with Gasteiger partial charge in [0.25, 0.3) is 0 Å². The minimum Gasteiger partial charge on any atom is -0.481 e. The van der Waals surface area contributed by atoms with Gasteiger partial charge in [0.05, 0.1) is 0 Å². The van der Waals surface area contributed by atoms with Gasteiger partial charge in [-0.25, -0.2) is 0 Å². The average molecular weight is 569 g/mol. The van der Waals surface area contributed by atoms with Crippen molar-refractivity contribution in [2.75, 3.05) is 0 Å². The molecule has 0 saturated carbocycles. The van der Waals surface area contributed by atoms with E-state index >= 15 is 0 Å². The molecule has 42 heavy (non-hydrogen) atoms. The van der Waals surface area contributed by atoms with E-state index < -0.39 is 11.9 Å². The summed E-state index contributed by atoms with van der Waals surface area (Å²) in [5.74, 6) is -1.68. The van der Waals surface area contributed by atoms with E-state index in [1.807, 2.05) is 19.9 Å². The molecule has 4 aromatic rings. The molecule has 0 spiro atoms. The van der Waals surface area contributed by atoms with Gasteiger partial charge < -0.3 is 30.1 Å². The van der Waals surface area contributed by atoms with Crippen molar-refractivity contribution in [1.82, 2.24) is 19.9 Å². The van der Waals surface area contributed by atoms with Gasteiger partial charge in [0.2, 0.25) is 0 Å². The van der Waals surface area contributed by atoms with Crippen LogP contribution in [0, 0.1) is 27.7 Å². The molecule has 0 radical (unpaired) electrons. The van der Waals surface area contributed by atoms with Gasteiger partial charge in [0.15, 0.2) is 0 Å². The van der Waals surface area contributed by atoms with Crippen LogP contribution < -0.4 is 21.4 Å². The van der Waals surface area contributed by atoms with Crippen LogP contribution >= 0.6 is 0 Å². The van der Waals surface area contributed by atoms with E-state index in [1.165, 1.54) is 22.3 Å². The number of aromatic amines is 4. The molecule has 0 unspecified atom stereocenters. The fourth-order valence-corrected chi connectivity index (χ4v) is 6.38. The molecule has 0 aromatic carbocycles.